The molecular formula is C17H27N3O. The number of likely N-dealkylation sites (N-methyl/N-ethyl adjacent to an activating group) is 1. The largest absolute Gasteiger partial charge is 0.496 e. The molecule has 2 aliphatic rings. The lowest BCUT2D eigenvalue weighted by Crippen LogP contribution is -2.53. The maximum atomic E-state index is 6.18. The lowest BCUT2D eigenvalue weighted by Gasteiger charge is -2.38. The average molecular weight is 289 g/mol. The summed E-state index contributed by atoms with van der Waals surface area (Å²) in [5.41, 5.74) is 7.53. The van der Waals surface area contributed by atoms with Gasteiger partial charge < -0.3 is 10.5 Å². The second kappa shape index (κ2) is 5.95. The van der Waals surface area contributed by atoms with Crippen LogP contribution in [0.4, 0.5) is 0 Å². The molecule has 1 aromatic rings. The van der Waals surface area contributed by atoms with Gasteiger partial charge in [-0.2, -0.15) is 0 Å². The van der Waals surface area contributed by atoms with E-state index in [9.17, 15) is 0 Å². The van der Waals surface area contributed by atoms with Gasteiger partial charge in [-0.25, -0.2) is 0 Å². The second-order valence-electron chi connectivity index (χ2n) is 6.55. The third-order valence-corrected chi connectivity index (χ3v) is 5.21. The predicted octanol–water partition coefficient (Wildman–Crippen LogP) is 1.69. The van der Waals surface area contributed by atoms with Crippen LogP contribution in [0.3, 0.4) is 0 Å². The molecular weight excluding hydrogens is 262 g/mol. The molecule has 21 heavy (non-hydrogen) atoms. The summed E-state index contributed by atoms with van der Waals surface area (Å²) >= 11 is 0. The van der Waals surface area contributed by atoms with Gasteiger partial charge in [-0.05, 0) is 32.4 Å². The number of hydrogen-bond donors (Lipinski definition) is 1. The van der Waals surface area contributed by atoms with Crippen molar-refractivity contribution in [3.8, 4) is 5.75 Å². The third kappa shape index (κ3) is 2.93. The van der Waals surface area contributed by atoms with E-state index in [-0.39, 0.29) is 5.54 Å². The molecule has 1 unspecified atom stereocenters. The van der Waals surface area contributed by atoms with Crippen LogP contribution >= 0.6 is 0 Å². The lowest BCUT2D eigenvalue weighted by molar-refractivity contribution is 0.119. The van der Waals surface area contributed by atoms with Gasteiger partial charge in [0.15, 0.2) is 0 Å². The van der Waals surface area contributed by atoms with E-state index in [1.807, 2.05) is 12.1 Å². The quantitative estimate of drug-likeness (QED) is 0.865. The van der Waals surface area contributed by atoms with Crippen molar-refractivity contribution in [2.75, 3.05) is 33.8 Å². The van der Waals surface area contributed by atoms with E-state index in [1.54, 1.807) is 7.11 Å². The highest BCUT2D eigenvalue weighted by Gasteiger charge is 2.44. The van der Waals surface area contributed by atoms with Crippen LogP contribution in [0.15, 0.2) is 24.3 Å². The highest BCUT2D eigenvalue weighted by Crippen LogP contribution is 2.36. The van der Waals surface area contributed by atoms with Gasteiger partial charge in [0.1, 0.15) is 5.75 Å². The van der Waals surface area contributed by atoms with Crippen molar-refractivity contribution in [2.45, 2.75) is 37.4 Å². The smallest absolute Gasteiger partial charge is 0.123 e. The normalized spacial score (nSPS) is 26.5. The topological polar surface area (TPSA) is 41.7 Å². The Morgan fingerprint density at radius 3 is 2.81 bits per heavy atom. The zero-order chi connectivity index (χ0) is 14.9. The molecule has 2 N–H and O–H groups in total. The number of nitrogens with two attached hydrogens (primary N) is 1. The van der Waals surface area contributed by atoms with Gasteiger partial charge in [0.2, 0.25) is 0 Å². The number of methoxy groups -OCH3 is 1. The van der Waals surface area contributed by atoms with Crippen LogP contribution in [0.1, 0.15) is 24.8 Å². The molecule has 1 saturated carbocycles. The number of para-hydroxylation sites is 1. The monoisotopic (exact) mass is 289 g/mol. The Labute approximate surface area is 127 Å². The minimum absolute atomic E-state index is 0.115. The predicted molar refractivity (Wildman–Crippen MR) is 85.5 cm³/mol. The highest BCUT2D eigenvalue weighted by atomic mass is 16.5. The minimum atomic E-state index is 0.115. The van der Waals surface area contributed by atoms with Gasteiger partial charge in [0.05, 0.1) is 7.11 Å². The van der Waals surface area contributed by atoms with E-state index in [0.29, 0.717) is 0 Å². The summed E-state index contributed by atoms with van der Waals surface area (Å²) in [6.45, 7) is 3.92. The molecule has 1 aliphatic heterocycles. The van der Waals surface area contributed by atoms with Gasteiger partial charge >= 0.3 is 0 Å². The summed E-state index contributed by atoms with van der Waals surface area (Å²) in [7, 11) is 3.94. The van der Waals surface area contributed by atoms with Crippen LogP contribution < -0.4 is 10.5 Å². The van der Waals surface area contributed by atoms with E-state index >= 15 is 0 Å². The molecule has 4 nitrogen and oxygen atoms in total. The fourth-order valence-electron chi connectivity index (χ4n) is 3.53. The van der Waals surface area contributed by atoms with Crippen LogP contribution in [0.5, 0.6) is 5.75 Å². The van der Waals surface area contributed by atoms with Crippen LogP contribution in [0.2, 0.25) is 0 Å². The molecule has 1 aromatic carbocycles. The van der Waals surface area contributed by atoms with Crippen LogP contribution in [0, 0.1) is 0 Å². The van der Waals surface area contributed by atoms with Crippen molar-refractivity contribution in [1.29, 1.82) is 0 Å². The highest BCUT2D eigenvalue weighted by molar-refractivity contribution is 5.33. The molecule has 4 heteroatoms. The van der Waals surface area contributed by atoms with Gasteiger partial charge in [0, 0.05) is 43.3 Å². The molecule has 0 amide bonds. The van der Waals surface area contributed by atoms with Gasteiger partial charge in [0.25, 0.3) is 0 Å². The molecule has 3 rings (SSSR count). The number of rotatable bonds is 6. The molecule has 0 radical (unpaired) electrons. The fraction of sp³-hybridized carbons (Fsp3) is 0.647. The third-order valence-electron chi connectivity index (χ3n) is 5.21. The van der Waals surface area contributed by atoms with Crippen LogP contribution in [-0.2, 0) is 6.54 Å². The van der Waals surface area contributed by atoms with Gasteiger partial charge in [-0.15, -0.1) is 0 Å². The number of likely N-dealkylation sites (tertiary alicyclic amines) is 1. The first-order chi connectivity index (χ1) is 10.2. The Morgan fingerprint density at radius 2 is 2.14 bits per heavy atom. The maximum Gasteiger partial charge on any atom is 0.123 e. The van der Waals surface area contributed by atoms with E-state index in [0.717, 1.165) is 31.4 Å². The Kier molecular flexibility index (Phi) is 4.20. The second-order valence-corrected chi connectivity index (χ2v) is 6.55. The summed E-state index contributed by atoms with van der Waals surface area (Å²) in [5.74, 6) is 0.966. The zero-order valence-corrected chi connectivity index (χ0v) is 13.2. The number of benzene rings is 1. The number of nitrogens with zero attached hydrogens (tertiary/aromatic N) is 2. The van der Waals surface area contributed by atoms with E-state index in [2.05, 4.69) is 29.0 Å². The van der Waals surface area contributed by atoms with Crippen molar-refractivity contribution >= 4 is 0 Å². The first kappa shape index (κ1) is 14.8. The minimum Gasteiger partial charge on any atom is -0.496 e. The van der Waals surface area contributed by atoms with E-state index in [4.69, 9.17) is 10.5 Å². The van der Waals surface area contributed by atoms with Crippen LogP contribution in [-0.4, -0.2) is 55.2 Å². The van der Waals surface area contributed by atoms with Crippen molar-refractivity contribution in [1.82, 2.24) is 9.80 Å². The molecule has 0 aromatic heterocycles. The van der Waals surface area contributed by atoms with E-state index in [1.165, 1.54) is 31.4 Å². The number of hydrogen-bond acceptors (Lipinski definition) is 4. The Hall–Kier alpha value is -1.10. The lowest BCUT2D eigenvalue weighted by atomic mass is 9.96. The summed E-state index contributed by atoms with van der Waals surface area (Å²) in [5, 5.41) is 0. The molecule has 1 atom stereocenters. The molecule has 116 valence electrons. The standard InChI is InChI=1S/C17H27N3O/c1-19(11-14-5-3-4-6-16(14)21-2)17(12-18)9-10-20(13-17)15-7-8-15/h3-6,15H,7-13,18H2,1-2H3. The Morgan fingerprint density at radius 1 is 1.38 bits per heavy atom. The SMILES string of the molecule is COc1ccccc1CN(C)C1(CN)CCN(C2CC2)C1. The first-order valence-corrected chi connectivity index (χ1v) is 7.96. The van der Waals surface area contributed by atoms with Crippen molar-refractivity contribution in [3.05, 3.63) is 29.8 Å². The molecule has 1 saturated heterocycles. The van der Waals surface area contributed by atoms with Crippen molar-refractivity contribution < 1.29 is 4.74 Å². The summed E-state index contributed by atoms with van der Waals surface area (Å²) in [6, 6.07) is 9.10. The molecule has 0 spiro atoms. The van der Waals surface area contributed by atoms with Crippen molar-refractivity contribution in [2.24, 2.45) is 5.73 Å². The Bertz CT molecular complexity index is 489. The van der Waals surface area contributed by atoms with Gasteiger partial charge in [-0.1, -0.05) is 18.2 Å². The molecule has 2 fully saturated rings. The summed E-state index contributed by atoms with van der Waals surface area (Å²) in [6.07, 6.45) is 3.92. The molecule has 1 heterocycles. The summed E-state index contributed by atoms with van der Waals surface area (Å²) < 4.78 is 5.48. The van der Waals surface area contributed by atoms with Crippen LogP contribution in [0.25, 0.3) is 0 Å². The zero-order valence-electron chi connectivity index (χ0n) is 13.2. The molecule has 1 aliphatic carbocycles. The first-order valence-electron chi connectivity index (χ1n) is 7.96. The summed E-state index contributed by atoms with van der Waals surface area (Å²) in [4.78, 5) is 5.07. The maximum absolute atomic E-state index is 6.18. The van der Waals surface area contributed by atoms with E-state index < -0.39 is 0 Å². The molecule has 0 bridgehead atoms. The van der Waals surface area contributed by atoms with Gasteiger partial charge in [-0.3, -0.25) is 9.80 Å². The Balaban J connectivity index is 1.72. The average Bonchev–Trinajstić information content (AvgIpc) is 3.27. The van der Waals surface area contributed by atoms with Crippen molar-refractivity contribution in [3.63, 3.8) is 0 Å². The number of ether oxygens (including phenoxy) is 1. The fourth-order valence-corrected chi connectivity index (χ4v) is 3.53.